The van der Waals surface area contributed by atoms with Crippen LogP contribution in [0.4, 0.5) is 0 Å². The average Bonchev–Trinajstić information content (AvgIpc) is 3.22. The molecule has 0 atom stereocenters. The Kier molecular flexibility index (Phi) is 8.03. The quantitative estimate of drug-likeness (QED) is 0.318. The van der Waals surface area contributed by atoms with Gasteiger partial charge in [-0.05, 0) is 29.8 Å². The zero-order chi connectivity index (χ0) is 20.3. The maximum Gasteiger partial charge on any atom is 0.228 e. The van der Waals surface area contributed by atoms with Gasteiger partial charge in [-0.2, -0.15) is 4.98 Å². The Morgan fingerprint density at radius 2 is 1.83 bits per heavy atom. The van der Waals surface area contributed by atoms with Crippen molar-refractivity contribution in [1.29, 1.82) is 0 Å². The van der Waals surface area contributed by atoms with Crippen molar-refractivity contribution in [3.05, 3.63) is 71.1 Å². The predicted molar refractivity (Wildman–Crippen MR) is 114 cm³/mol. The lowest BCUT2D eigenvalue weighted by atomic mass is 10.2. The Balaban J connectivity index is 1.34. The fourth-order valence-electron chi connectivity index (χ4n) is 2.59. The van der Waals surface area contributed by atoms with Crippen LogP contribution in [-0.4, -0.2) is 42.8 Å². The molecule has 3 aromatic rings. The fourth-order valence-corrected chi connectivity index (χ4v) is 2.71. The normalized spacial score (nSPS) is 11.4. The van der Waals surface area contributed by atoms with E-state index in [0.717, 1.165) is 11.1 Å². The summed E-state index contributed by atoms with van der Waals surface area (Å²) >= 11 is 5.90. The highest BCUT2D eigenvalue weighted by Gasteiger charge is 2.08. The van der Waals surface area contributed by atoms with Crippen LogP contribution in [0, 0.1) is 0 Å². The molecule has 0 spiro atoms. The number of rotatable bonds is 9. The molecule has 3 rings (SSSR count). The number of halogens is 1. The van der Waals surface area contributed by atoms with Crippen molar-refractivity contribution in [2.75, 3.05) is 26.7 Å². The van der Waals surface area contributed by atoms with Crippen LogP contribution in [0.5, 0.6) is 0 Å². The molecular weight excluding hydrogens is 390 g/mol. The molecule has 8 heteroatoms. The van der Waals surface area contributed by atoms with Crippen LogP contribution in [0.3, 0.4) is 0 Å². The van der Waals surface area contributed by atoms with Crippen molar-refractivity contribution in [3.8, 4) is 11.4 Å². The summed E-state index contributed by atoms with van der Waals surface area (Å²) in [4.78, 5) is 8.60. The van der Waals surface area contributed by atoms with E-state index in [1.807, 2.05) is 42.5 Å². The number of aromatic nitrogens is 2. The van der Waals surface area contributed by atoms with Gasteiger partial charge < -0.3 is 19.9 Å². The first-order chi connectivity index (χ1) is 14.2. The molecular formula is C21H24ClN5O2. The lowest BCUT2D eigenvalue weighted by molar-refractivity contribution is 0.125. The van der Waals surface area contributed by atoms with E-state index in [4.69, 9.17) is 20.9 Å². The molecule has 0 radical (unpaired) electrons. The second-order valence-corrected chi connectivity index (χ2v) is 6.67. The second kappa shape index (κ2) is 11.2. The Morgan fingerprint density at radius 3 is 2.59 bits per heavy atom. The molecule has 29 heavy (non-hydrogen) atoms. The lowest BCUT2D eigenvalue weighted by Gasteiger charge is -2.11. The first-order valence-electron chi connectivity index (χ1n) is 9.39. The van der Waals surface area contributed by atoms with Crippen molar-refractivity contribution >= 4 is 17.6 Å². The summed E-state index contributed by atoms with van der Waals surface area (Å²) in [5.41, 5.74) is 2.03. The Labute approximate surface area is 175 Å². The van der Waals surface area contributed by atoms with Crippen LogP contribution in [0.2, 0.25) is 5.02 Å². The zero-order valence-corrected chi connectivity index (χ0v) is 17.0. The number of nitrogens with one attached hydrogen (secondary N) is 2. The molecule has 1 aromatic heterocycles. The average molecular weight is 414 g/mol. The fraction of sp³-hybridized carbons (Fsp3) is 0.286. The Hall–Kier alpha value is -2.90. The summed E-state index contributed by atoms with van der Waals surface area (Å²) in [6, 6.07) is 17.4. The number of benzene rings is 2. The van der Waals surface area contributed by atoms with E-state index in [-0.39, 0.29) is 0 Å². The summed E-state index contributed by atoms with van der Waals surface area (Å²) in [5.74, 6) is 1.81. The van der Waals surface area contributed by atoms with Crippen molar-refractivity contribution < 1.29 is 9.26 Å². The topological polar surface area (TPSA) is 84.6 Å². The first kappa shape index (κ1) is 20.8. The minimum absolute atomic E-state index is 0.551. The minimum atomic E-state index is 0.551. The Morgan fingerprint density at radius 1 is 1.07 bits per heavy atom. The minimum Gasteiger partial charge on any atom is -0.375 e. The lowest BCUT2D eigenvalue weighted by Crippen LogP contribution is -2.39. The molecule has 0 saturated heterocycles. The Bertz CT molecular complexity index is 897. The van der Waals surface area contributed by atoms with Gasteiger partial charge in [0.25, 0.3) is 0 Å². The van der Waals surface area contributed by atoms with Crippen LogP contribution in [0.1, 0.15) is 11.5 Å². The second-order valence-electron chi connectivity index (χ2n) is 6.23. The van der Waals surface area contributed by atoms with Gasteiger partial charge in [0.05, 0.1) is 13.2 Å². The molecule has 2 aromatic carbocycles. The smallest absolute Gasteiger partial charge is 0.228 e. The van der Waals surface area contributed by atoms with Crippen molar-refractivity contribution in [1.82, 2.24) is 20.8 Å². The number of ether oxygens (including phenoxy) is 1. The summed E-state index contributed by atoms with van der Waals surface area (Å²) in [6.07, 6.45) is 0.589. The molecule has 1 heterocycles. The molecule has 2 N–H and O–H groups in total. The van der Waals surface area contributed by atoms with Gasteiger partial charge in [-0.15, -0.1) is 0 Å². The van der Waals surface area contributed by atoms with Crippen LogP contribution >= 0.6 is 11.6 Å². The molecule has 0 bridgehead atoms. The van der Waals surface area contributed by atoms with Gasteiger partial charge in [0, 0.05) is 37.1 Å². The van der Waals surface area contributed by atoms with Gasteiger partial charge in [0.2, 0.25) is 11.7 Å². The third kappa shape index (κ3) is 6.89. The van der Waals surface area contributed by atoms with Crippen LogP contribution in [0.15, 0.2) is 64.1 Å². The summed E-state index contributed by atoms with van der Waals surface area (Å²) < 4.78 is 11.0. The molecule has 0 aliphatic carbocycles. The molecule has 0 amide bonds. The maximum atomic E-state index is 5.90. The van der Waals surface area contributed by atoms with Gasteiger partial charge in [-0.25, -0.2) is 0 Å². The zero-order valence-electron chi connectivity index (χ0n) is 16.3. The van der Waals surface area contributed by atoms with Crippen LogP contribution < -0.4 is 10.6 Å². The highest BCUT2D eigenvalue weighted by atomic mass is 35.5. The van der Waals surface area contributed by atoms with Crippen molar-refractivity contribution in [2.24, 2.45) is 4.99 Å². The molecule has 0 unspecified atom stereocenters. The van der Waals surface area contributed by atoms with Gasteiger partial charge >= 0.3 is 0 Å². The first-order valence-corrected chi connectivity index (χ1v) is 9.77. The number of nitrogens with zero attached hydrogens (tertiary/aromatic N) is 3. The number of hydrogen-bond acceptors (Lipinski definition) is 5. The van der Waals surface area contributed by atoms with Crippen LogP contribution in [-0.2, 0) is 17.8 Å². The van der Waals surface area contributed by atoms with Gasteiger partial charge in [-0.3, -0.25) is 4.99 Å². The molecule has 0 aliphatic rings. The van der Waals surface area contributed by atoms with E-state index in [2.05, 4.69) is 25.8 Å². The summed E-state index contributed by atoms with van der Waals surface area (Å²) in [7, 11) is 1.73. The van der Waals surface area contributed by atoms with Gasteiger partial charge in [0.1, 0.15) is 0 Å². The van der Waals surface area contributed by atoms with E-state index >= 15 is 0 Å². The third-order valence-electron chi connectivity index (χ3n) is 4.08. The summed E-state index contributed by atoms with van der Waals surface area (Å²) in [5, 5.41) is 11.1. The molecule has 0 saturated carbocycles. The van der Waals surface area contributed by atoms with Crippen LogP contribution in [0.25, 0.3) is 11.4 Å². The van der Waals surface area contributed by atoms with Crippen molar-refractivity contribution in [2.45, 2.75) is 13.0 Å². The van der Waals surface area contributed by atoms with E-state index in [9.17, 15) is 0 Å². The molecule has 0 aliphatic heterocycles. The highest BCUT2D eigenvalue weighted by molar-refractivity contribution is 6.30. The van der Waals surface area contributed by atoms with Gasteiger partial charge in [0.15, 0.2) is 5.96 Å². The summed E-state index contributed by atoms with van der Waals surface area (Å²) in [6.45, 7) is 2.46. The molecule has 7 nitrogen and oxygen atoms in total. The number of guanidine groups is 1. The standard InChI is InChI=1S/C21H24ClN5O2/c1-23-21(25-13-14-28-15-16-5-3-2-4-6-16)24-12-11-19-26-20(27-29-19)17-7-9-18(22)10-8-17/h2-10H,11-15H2,1H3,(H2,23,24,25). The SMILES string of the molecule is CN=C(NCCOCc1ccccc1)NCCc1nc(-c2ccc(Cl)cc2)no1. The predicted octanol–water partition coefficient (Wildman–Crippen LogP) is 3.31. The van der Waals surface area contributed by atoms with E-state index in [0.29, 0.717) is 55.4 Å². The number of aliphatic imine (C=N–C) groups is 1. The van der Waals surface area contributed by atoms with E-state index in [1.54, 1.807) is 19.2 Å². The third-order valence-corrected chi connectivity index (χ3v) is 4.33. The molecule has 0 fully saturated rings. The van der Waals surface area contributed by atoms with E-state index in [1.165, 1.54) is 0 Å². The number of hydrogen-bond donors (Lipinski definition) is 2. The maximum absolute atomic E-state index is 5.90. The monoisotopic (exact) mass is 413 g/mol. The largest absolute Gasteiger partial charge is 0.375 e. The molecule has 152 valence electrons. The van der Waals surface area contributed by atoms with Crippen molar-refractivity contribution in [3.63, 3.8) is 0 Å². The highest BCUT2D eigenvalue weighted by Crippen LogP contribution is 2.18. The van der Waals surface area contributed by atoms with Gasteiger partial charge in [-0.1, -0.05) is 47.1 Å². The van der Waals surface area contributed by atoms with E-state index < -0.39 is 0 Å².